The maximum atomic E-state index is 11.9. The van der Waals surface area contributed by atoms with Crippen LogP contribution in [0.5, 0.6) is 0 Å². The van der Waals surface area contributed by atoms with E-state index in [2.05, 4.69) is 5.32 Å². The molecule has 1 aromatic carbocycles. The summed E-state index contributed by atoms with van der Waals surface area (Å²) in [6.07, 6.45) is 1.27. The summed E-state index contributed by atoms with van der Waals surface area (Å²) in [5.74, 6) is 0.413. The van der Waals surface area contributed by atoms with Crippen LogP contribution in [0.25, 0.3) is 0 Å². The molecule has 1 heterocycles. The summed E-state index contributed by atoms with van der Waals surface area (Å²) in [5, 5.41) is 11.1. The van der Waals surface area contributed by atoms with Gasteiger partial charge in [0.1, 0.15) is 11.4 Å². The SMILES string of the molecule is CC(C)(C)OC(=O)N1CC(C(=N)/C=C(/N)Nc2ccccc2)C1. The second-order valence-electron chi connectivity index (χ2n) is 6.63. The summed E-state index contributed by atoms with van der Waals surface area (Å²) in [5.41, 5.74) is 6.69. The monoisotopic (exact) mass is 316 g/mol. The molecule has 0 aliphatic carbocycles. The molecule has 4 N–H and O–H groups in total. The van der Waals surface area contributed by atoms with Crippen LogP contribution in [-0.2, 0) is 4.74 Å². The first-order valence-corrected chi connectivity index (χ1v) is 7.60. The van der Waals surface area contributed by atoms with Crippen molar-refractivity contribution in [2.24, 2.45) is 11.7 Å². The minimum Gasteiger partial charge on any atom is -0.444 e. The Bertz CT molecular complexity index is 599. The Morgan fingerprint density at radius 2 is 1.96 bits per heavy atom. The number of anilines is 1. The molecule has 23 heavy (non-hydrogen) atoms. The van der Waals surface area contributed by atoms with Crippen molar-refractivity contribution in [3.05, 3.63) is 42.2 Å². The molecule has 0 saturated carbocycles. The molecule has 0 spiro atoms. The molecule has 6 nitrogen and oxygen atoms in total. The van der Waals surface area contributed by atoms with Crippen molar-refractivity contribution in [2.75, 3.05) is 18.4 Å². The third-order valence-electron chi connectivity index (χ3n) is 3.35. The molecular weight excluding hydrogens is 292 g/mol. The first-order valence-electron chi connectivity index (χ1n) is 7.60. The molecule has 0 bridgehead atoms. The van der Waals surface area contributed by atoms with Crippen molar-refractivity contribution in [3.63, 3.8) is 0 Å². The van der Waals surface area contributed by atoms with E-state index in [0.717, 1.165) is 5.69 Å². The maximum absolute atomic E-state index is 11.9. The van der Waals surface area contributed by atoms with E-state index in [4.69, 9.17) is 15.9 Å². The van der Waals surface area contributed by atoms with E-state index in [1.54, 1.807) is 11.0 Å². The zero-order valence-corrected chi connectivity index (χ0v) is 13.8. The molecule has 0 radical (unpaired) electrons. The lowest BCUT2D eigenvalue weighted by Gasteiger charge is -2.39. The van der Waals surface area contributed by atoms with Crippen molar-refractivity contribution in [2.45, 2.75) is 26.4 Å². The van der Waals surface area contributed by atoms with Crippen LogP contribution in [0.1, 0.15) is 20.8 Å². The summed E-state index contributed by atoms with van der Waals surface area (Å²) in [6, 6.07) is 9.54. The smallest absolute Gasteiger partial charge is 0.410 e. The predicted octanol–water partition coefficient (Wildman–Crippen LogP) is 2.79. The van der Waals surface area contributed by atoms with Crippen LogP contribution in [0.15, 0.2) is 42.2 Å². The fraction of sp³-hybridized carbons (Fsp3) is 0.412. The largest absolute Gasteiger partial charge is 0.444 e. The van der Waals surface area contributed by atoms with Crippen LogP contribution in [0, 0.1) is 11.3 Å². The standard InChI is InChI=1S/C17H24N4O2/c1-17(2,3)23-16(22)21-10-12(11-21)14(18)9-15(19)20-13-7-5-4-6-8-13/h4-9,12,18,20H,10-11,19H2,1-3H3/b15-9-,18-14?. The van der Waals surface area contributed by atoms with Gasteiger partial charge in [0, 0.05) is 30.4 Å². The summed E-state index contributed by atoms with van der Waals surface area (Å²) in [7, 11) is 0. The number of ether oxygens (including phenoxy) is 1. The van der Waals surface area contributed by atoms with Gasteiger partial charge in [-0.1, -0.05) is 18.2 Å². The van der Waals surface area contributed by atoms with Gasteiger partial charge < -0.3 is 26.1 Å². The van der Waals surface area contributed by atoms with E-state index >= 15 is 0 Å². The molecular formula is C17H24N4O2. The summed E-state index contributed by atoms with van der Waals surface area (Å²) in [6.45, 7) is 6.49. The van der Waals surface area contributed by atoms with Gasteiger partial charge in [-0.25, -0.2) is 4.79 Å². The summed E-state index contributed by atoms with van der Waals surface area (Å²) >= 11 is 0. The summed E-state index contributed by atoms with van der Waals surface area (Å²) < 4.78 is 5.29. The van der Waals surface area contributed by atoms with Crippen LogP contribution in [-0.4, -0.2) is 35.4 Å². The molecule has 2 rings (SSSR count). The molecule has 0 aromatic heterocycles. The Morgan fingerprint density at radius 1 is 1.35 bits per heavy atom. The van der Waals surface area contributed by atoms with E-state index in [-0.39, 0.29) is 12.0 Å². The first-order chi connectivity index (χ1) is 10.7. The quantitative estimate of drug-likeness (QED) is 0.745. The Labute approximate surface area is 136 Å². The van der Waals surface area contributed by atoms with E-state index in [1.165, 1.54) is 0 Å². The number of nitrogens with two attached hydrogens (primary N) is 1. The third-order valence-corrected chi connectivity index (χ3v) is 3.35. The number of amides is 1. The zero-order chi connectivity index (χ0) is 17.0. The Balaban J connectivity index is 1.82. The molecule has 1 saturated heterocycles. The van der Waals surface area contributed by atoms with Gasteiger partial charge in [-0.3, -0.25) is 0 Å². The van der Waals surface area contributed by atoms with Crippen LogP contribution in [0.3, 0.4) is 0 Å². The Hall–Kier alpha value is -2.50. The molecule has 1 aliphatic rings. The number of carbonyl (C=O) groups excluding carboxylic acids is 1. The zero-order valence-electron chi connectivity index (χ0n) is 13.8. The van der Waals surface area contributed by atoms with Crippen molar-refractivity contribution < 1.29 is 9.53 Å². The third kappa shape index (κ3) is 5.02. The van der Waals surface area contributed by atoms with Crippen molar-refractivity contribution in [1.82, 2.24) is 4.90 Å². The molecule has 1 amide bonds. The number of allylic oxidation sites excluding steroid dienone is 1. The number of para-hydroxylation sites is 1. The van der Waals surface area contributed by atoms with Gasteiger partial charge in [0.15, 0.2) is 0 Å². The number of benzene rings is 1. The van der Waals surface area contributed by atoms with Crippen LogP contribution < -0.4 is 11.1 Å². The highest BCUT2D eigenvalue weighted by atomic mass is 16.6. The van der Waals surface area contributed by atoms with E-state index in [0.29, 0.717) is 24.6 Å². The molecule has 0 unspecified atom stereocenters. The van der Waals surface area contributed by atoms with Gasteiger partial charge in [-0.2, -0.15) is 0 Å². The number of rotatable bonds is 4. The molecule has 1 aromatic rings. The van der Waals surface area contributed by atoms with E-state index in [9.17, 15) is 4.79 Å². The van der Waals surface area contributed by atoms with E-state index < -0.39 is 5.60 Å². The van der Waals surface area contributed by atoms with Gasteiger partial charge in [-0.15, -0.1) is 0 Å². The van der Waals surface area contributed by atoms with Crippen LogP contribution in [0.2, 0.25) is 0 Å². The topological polar surface area (TPSA) is 91.4 Å². The van der Waals surface area contributed by atoms with Crippen LogP contribution >= 0.6 is 0 Å². The number of nitrogens with one attached hydrogen (secondary N) is 2. The lowest BCUT2D eigenvalue weighted by atomic mass is 9.94. The lowest BCUT2D eigenvalue weighted by Crippen LogP contribution is -2.54. The number of nitrogens with zero attached hydrogens (tertiary/aromatic N) is 1. The predicted molar refractivity (Wildman–Crippen MR) is 91.4 cm³/mol. The average molecular weight is 316 g/mol. The minimum atomic E-state index is -0.500. The normalized spacial score (nSPS) is 15.8. The van der Waals surface area contributed by atoms with Gasteiger partial charge in [0.25, 0.3) is 0 Å². The van der Waals surface area contributed by atoms with Gasteiger partial charge >= 0.3 is 6.09 Å². The maximum Gasteiger partial charge on any atom is 0.410 e. The van der Waals surface area contributed by atoms with Crippen LogP contribution in [0.4, 0.5) is 10.5 Å². The highest BCUT2D eigenvalue weighted by molar-refractivity contribution is 5.96. The Kier molecular flexibility index (Phi) is 4.93. The number of hydrogen-bond donors (Lipinski definition) is 3. The van der Waals surface area contributed by atoms with Crippen molar-refractivity contribution in [1.29, 1.82) is 5.41 Å². The molecule has 6 heteroatoms. The molecule has 1 fully saturated rings. The van der Waals surface area contributed by atoms with Gasteiger partial charge in [-0.05, 0) is 39.0 Å². The minimum absolute atomic E-state index is 0.00126. The second-order valence-corrected chi connectivity index (χ2v) is 6.63. The van der Waals surface area contributed by atoms with Crippen molar-refractivity contribution >= 4 is 17.5 Å². The second kappa shape index (κ2) is 6.73. The average Bonchev–Trinajstić information content (AvgIpc) is 2.35. The highest BCUT2D eigenvalue weighted by Crippen LogP contribution is 2.21. The fourth-order valence-electron chi connectivity index (χ4n) is 2.16. The molecule has 124 valence electrons. The van der Waals surface area contributed by atoms with Gasteiger partial charge in [0.05, 0.1) is 0 Å². The molecule has 1 aliphatic heterocycles. The fourth-order valence-corrected chi connectivity index (χ4v) is 2.16. The van der Waals surface area contributed by atoms with E-state index in [1.807, 2.05) is 51.1 Å². The Morgan fingerprint density at radius 3 is 2.52 bits per heavy atom. The summed E-state index contributed by atoms with van der Waals surface area (Å²) in [4.78, 5) is 13.4. The van der Waals surface area contributed by atoms with Crippen molar-refractivity contribution in [3.8, 4) is 0 Å². The number of hydrogen-bond acceptors (Lipinski definition) is 5. The van der Waals surface area contributed by atoms with Gasteiger partial charge in [0.2, 0.25) is 0 Å². The first kappa shape index (κ1) is 16.9. The lowest BCUT2D eigenvalue weighted by molar-refractivity contribution is 0.00698. The number of carbonyl (C=O) groups is 1. The molecule has 0 atom stereocenters. The highest BCUT2D eigenvalue weighted by Gasteiger charge is 2.35. The number of likely N-dealkylation sites (tertiary alicyclic amines) is 1.